The van der Waals surface area contributed by atoms with E-state index in [1.165, 1.54) is 4.68 Å². The van der Waals surface area contributed by atoms with E-state index in [0.29, 0.717) is 23.6 Å². The number of amides is 1. The fourth-order valence-electron chi connectivity index (χ4n) is 3.01. The number of carbonyl (C=O) groups excluding carboxylic acids is 1. The van der Waals surface area contributed by atoms with Gasteiger partial charge in [0.2, 0.25) is 0 Å². The third-order valence-electron chi connectivity index (χ3n) is 4.34. The van der Waals surface area contributed by atoms with E-state index < -0.39 is 21.3 Å². The molecule has 1 aliphatic rings. The van der Waals surface area contributed by atoms with Gasteiger partial charge >= 0.3 is 0 Å². The summed E-state index contributed by atoms with van der Waals surface area (Å²) in [6, 6.07) is 7.28. The average molecular weight is 364 g/mol. The Labute approximate surface area is 146 Å². The van der Waals surface area contributed by atoms with Crippen molar-refractivity contribution in [3.8, 4) is 11.4 Å². The Morgan fingerprint density at radius 3 is 2.72 bits per heavy atom. The van der Waals surface area contributed by atoms with Crippen LogP contribution in [0.5, 0.6) is 5.75 Å². The van der Waals surface area contributed by atoms with Gasteiger partial charge in [0, 0.05) is 0 Å². The summed E-state index contributed by atoms with van der Waals surface area (Å²) in [5.74, 6) is 0.191. The van der Waals surface area contributed by atoms with Crippen molar-refractivity contribution in [1.29, 1.82) is 0 Å². The summed E-state index contributed by atoms with van der Waals surface area (Å²) in [7, 11) is -1.56. The molecule has 1 aromatic heterocycles. The van der Waals surface area contributed by atoms with Crippen LogP contribution >= 0.6 is 0 Å². The number of rotatable bonds is 4. The Balaban J connectivity index is 1.87. The van der Waals surface area contributed by atoms with Crippen LogP contribution in [0.25, 0.3) is 5.69 Å². The van der Waals surface area contributed by atoms with Gasteiger partial charge in [-0.2, -0.15) is 0 Å². The summed E-state index contributed by atoms with van der Waals surface area (Å²) in [5.41, 5.74) is 0.600. The van der Waals surface area contributed by atoms with E-state index in [2.05, 4.69) is 15.6 Å². The molecule has 8 nitrogen and oxygen atoms in total. The van der Waals surface area contributed by atoms with Crippen LogP contribution in [0.4, 0.5) is 0 Å². The van der Waals surface area contributed by atoms with Crippen LogP contribution in [0.3, 0.4) is 0 Å². The number of ether oxygens (including phenoxy) is 1. The summed E-state index contributed by atoms with van der Waals surface area (Å²) >= 11 is 0. The predicted octanol–water partition coefficient (Wildman–Crippen LogP) is 0.891. The van der Waals surface area contributed by atoms with Gasteiger partial charge in [-0.3, -0.25) is 4.79 Å². The molecule has 25 heavy (non-hydrogen) atoms. The van der Waals surface area contributed by atoms with Crippen molar-refractivity contribution >= 4 is 15.7 Å². The van der Waals surface area contributed by atoms with Crippen molar-refractivity contribution in [3.63, 3.8) is 0 Å². The summed E-state index contributed by atoms with van der Waals surface area (Å²) in [4.78, 5) is 12.6. The molecule has 0 aliphatic carbocycles. The first-order valence-corrected chi connectivity index (χ1v) is 9.65. The SMILES string of the molecule is COc1ccccc1-n1nnc(C(=O)N[C@@]2(C)CCS(=O)(=O)C2)c1C. The minimum atomic E-state index is -3.11. The molecule has 1 atom stereocenters. The third kappa shape index (κ3) is 3.37. The number of carbonyl (C=O) groups is 1. The molecule has 2 heterocycles. The maximum absolute atomic E-state index is 12.6. The van der Waals surface area contributed by atoms with Gasteiger partial charge < -0.3 is 10.1 Å². The Morgan fingerprint density at radius 1 is 1.36 bits per heavy atom. The molecule has 1 aromatic carbocycles. The number of methoxy groups -OCH3 is 1. The number of hydrogen-bond acceptors (Lipinski definition) is 6. The Kier molecular flexibility index (Phi) is 4.28. The molecule has 0 spiro atoms. The molecule has 0 radical (unpaired) electrons. The molecule has 1 N–H and O–H groups in total. The highest BCUT2D eigenvalue weighted by Gasteiger charge is 2.40. The van der Waals surface area contributed by atoms with Crippen LogP contribution in [0.1, 0.15) is 29.5 Å². The first-order valence-electron chi connectivity index (χ1n) is 7.83. The highest BCUT2D eigenvalue weighted by Crippen LogP contribution is 2.25. The zero-order chi connectivity index (χ0) is 18.2. The molecule has 0 saturated carbocycles. The van der Waals surface area contributed by atoms with Crippen LogP contribution in [-0.4, -0.2) is 53.5 Å². The van der Waals surface area contributed by atoms with Gasteiger partial charge in [-0.1, -0.05) is 17.3 Å². The summed E-state index contributed by atoms with van der Waals surface area (Å²) in [5, 5.41) is 10.8. The van der Waals surface area contributed by atoms with E-state index in [1.807, 2.05) is 18.2 Å². The van der Waals surface area contributed by atoms with E-state index >= 15 is 0 Å². The molecule has 2 aromatic rings. The van der Waals surface area contributed by atoms with Crippen molar-refractivity contribution in [2.24, 2.45) is 0 Å². The fourth-order valence-corrected chi connectivity index (χ4v) is 5.11. The van der Waals surface area contributed by atoms with E-state index in [1.54, 1.807) is 27.0 Å². The summed E-state index contributed by atoms with van der Waals surface area (Å²) < 4.78 is 30.2. The molecule has 1 fully saturated rings. The van der Waals surface area contributed by atoms with Gasteiger partial charge in [-0.25, -0.2) is 13.1 Å². The first-order chi connectivity index (χ1) is 11.7. The molecule has 1 saturated heterocycles. The zero-order valence-electron chi connectivity index (χ0n) is 14.3. The van der Waals surface area contributed by atoms with Crippen molar-refractivity contribution in [2.45, 2.75) is 25.8 Å². The van der Waals surface area contributed by atoms with Gasteiger partial charge in [-0.05, 0) is 32.4 Å². The smallest absolute Gasteiger partial charge is 0.274 e. The lowest BCUT2D eigenvalue weighted by Crippen LogP contribution is -2.47. The number of benzene rings is 1. The Hall–Kier alpha value is -2.42. The van der Waals surface area contributed by atoms with Gasteiger partial charge in [0.15, 0.2) is 15.5 Å². The number of hydrogen-bond donors (Lipinski definition) is 1. The minimum absolute atomic E-state index is 0.0641. The quantitative estimate of drug-likeness (QED) is 0.864. The molecule has 0 bridgehead atoms. The lowest BCUT2D eigenvalue weighted by atomic mass is 10.0. The Morgan fingerprint density at radius 2 is 2.08 bits per heavy atom. The highest BCUT2D eigenvalue weighted by molar-refractivity contribution is 7.91. The average Bonchev–Trinajstić information content (AvgIpc) is 3.06. The lowest BCUT2D eigenvalue weighted by Gasteiger charge is -2.23. The second-order valence-corrected chi connectivity index (χ2v) is 8.65. The number of aromatic nitrogens is 3. The zero-order valence-corrected chi connectivity index (χ0v) is 15.1. The van der Waals surface area contributed by atoms with Crippen molar-refractivity contribution in [2.75, 3.05) is 18.6 Å². The number of para-hydroxylation sites is 2. The van der Waals surface area contributed by atoms with Crippen molar-refractivity contribution in [3.05, 3.63) is 35.7 Å². The normalized spacial score (nSPS) is 21.9. The van der Waals surface area contributed by atoms with Crippen LogP contribution in [0.15, 0.2) is 24.3 Å². The van der Waals surface area contributed by atoms with E-state index in [0.717, 1.165) is 0 Å². The number of nitrogens with one attached hydrogen (secondary N) is 1. The monoisotopic (exact) mass is 364 g/mol. The van der Waals surface area contributed by atoms with Gasteiger partial charge in [0.05, 0.1) is 29.8 Å². The maximum atomic E-state index is 12.6. The van der Waals surface area contributed by atoms with E-state index in [9.17, 15) is 13.2 Å². The Bertz CT molecular complexity index is 922. The summed E-state index contributed by atoms with van der Waals surface area (Å²) in [6.07, 6.45) is 0.390. The summed E-state index contributed by atoms with van der Waals surface area (Å²) in [6.45, 7) is 3.46. The lowest BCUT2D eigenvalue weighted by molar-refractivity contribution is 0.0909. The second-order valence-electron chi connectivity index (χ2n) is 6.46. The molecule has 1 amide bonds. The second kappa shape index (κ2) is 6.14. The topological polar surface area (TPSA) is 103 Å². The van der Waals surface area contributed by atoms with Crippen LogP contribution in [0, 0.1) is 6.92 Å². The van der Waals surface area contributed by atoms with Gasteiger partial charge in [-0.15, -0.1) is 5.10 Å². The molecule has 134 valence electrons. The van der Waals surface area contributed by atoms with Crippen molar-refractivity contribution in [1.82, 2.24) is 20.3 Å². The van der Waals surface area contributed by atoms with Crippen LogP contribution in [0.2, 0.25) is 0 Å². The van der Waals surface area contributed by atoms with E-state index in [-0.39, 0.29) is 17.2 Å². The predicted molar refractivity (Wildman–Crippen MR) is 91.8 cm³/mol. The highest BCUT2D eigenvalue weighted by atomic mass is 32.2. The molecule has 3 rings (SSSR count). The molecule has 9 heteroatoms. The fraction of sp³-hybridized carbons (Fsp3) is 0.438. The minimum Gasteiger partial charge on any atom is -0.494 e. The number of nitrogens with zero attached hydrogens (tertiary/aromatic N) is 3. The standard InChI is InChI=1S/C16H20N4O4S/c1-11-14(15(21)17-16(2)8-9-25(22,23)10-16)18-19-20(11)12-6-4-5-7-13(12)24-3/h4-7H,8-10H2,1-3H3,(H,17,21)/t16-/m0/s1. The maximum Gasteiger partial charge on any atom is 0.274 e. The molecule has 1 aliphatic heterocycles. The van der Waals surface area contributed by atoms with Crippen molar-refractivity contribution < 1.29 is 17.9 Å². The van der Waals surface area contributed by atoms with E-state index in [4.69, 9.17) is 4.74 Å². The van der Waals surface area contributed by atoms with Crippen LogP contribution in [-0.2, 0) is 9.84 Å². The third-order valence-corrected chi connectivity index (χ3v) is 6.24. The van der Waals surface area contributed by atoms with Gasteiger partial charge in [0.1, 0.15) is 11.4 Å². The first kappa shape index (κ1) is 17.4. The van der Waals surface area contributed by atoms with Crippen LogP contribution < -0.4 is 10.1 Å². The molecular formula is C16H20N4O4S. The largest absolute Gasteiger partial charge is 0.494 e. The van der Waals surface area contributed by atoms with Gasteiger partial charge in [0.25, 0.3) is 5.91 Å². The molecular weight excluding hydrogens is 344 g/mol. The number of sulfone groups is 1. The molecule has 0 unspecified atom stereocenters.